The maximum Gasteiger partial charge on any atom is 0.245 e. The average molecular weight is 331 g/mol. The number of fused-ring (bicyclic) bond motifs is 1. The molecule has 0 saturated carbocycles. The lowest BCUT2D eigenvalue weighted by Crippen LogP contribution is -2.06. The van der Waals surface area contributed by atoms with Gasteiger partial charge < -0.3 is 10.1 Å². The van der Waals surface area contributed by atoms with Crippen LogP contribution in [0.5, 0.6) is 5.88 Å². The summed E-state index contributed by atoms with van der Waals surface area (Å²) in [5, 5.41) is 3.36. The monoisotopic (exact) mass is 331 g/mol. The van der Waals surface area contributed by atoms with E-state index in [1.807, 2.05) is 53.1 Å². The van der Waals surface area contributed by atoms with Gasteiger partial charge in [0.15, 0.2) is 11.2 Å². The van der Waals surface area contributed by atoms with Gasteiger partial charge in [-0.3, -0.25) is 4.57 Å². The number of rotatable bonds is 5. The Morgan fingerprint density at radius 1 is 0.960 bits per heavy atom. The van der Waals surface area contributed by atoms with Crippen molar-refractivity contribution in [3.8, 4) is 5.88 Å². The molecule has 0 fully saturated rings. The van der Waals surface area contributed by atoms with Gasteiger partial charge in [0.2, 0.25) is 11.8 Å². The third-order valence-corrected chi connectivity index (χ3v) is 3.91. The van der Waals surface area contributed by atoms with Crippen molar-refractivity contribution in [1.82, 2.24) is 19.5 Å². The molecule has 0 aliphatic heterocycles. The maximum atomic E-state index is 5.34. The fourth-order valence-corrected chi connectivity index (χ4v) is 2.73. The number of hydrogen-bond donors (Lipinski definition) is 1. The van der Waals surface area contributed by atoms with Gasteiger partial charge in [-0.15, -0.1) is 0 Å². The normalized spacial score (nSPS) is 10.8. The van der Waals surface area contributed by atoms with Crippen molar-refractivity contribution in [1.29, 1.82) is 0 Å². The molecule has 4 rings (SSSR count). The van der Waals surface area contributed by atoms with Gasteiger partial charge in [-0.2, -0.15) is 4.98 Å². The summed E-state index contributed by atoms with van der Waals surface area (Å²) in [6.45, 7) is 0.646. The lowest BCUT2D eigenvalue weighted by molar-refractivity contribution is 0.401. The summed E-state index contributed by atoms with van der Waals surface area (Å²) in [5.41, 5.74) is 3.49. The van der Waals surface area contributed by atoms with E-state index in [1.54, 1.807) is 7.11 Å². The molecular formula is C19H17N5O. The summed E-state index contributed by atoms with van der Waals surface area (Å²) in [5.74, 6) is 1.16. The van der Waals surface area contributed by atoms with E-state index in [2.05, 4.69) is 32.4 Å². The van der Waals surface area contributed by atoms with E-state index in [1.165, 1.54) is 6.33 Å². The molecule has 0 amide bonds. The van der Waals surface area contributed by atoms with Crippen molar-refractivity contribution >= 4 is 22.8 Å². The van der Waals surface area contributed by atoms with Gasteiger partial charge in [0.05, 0.1) is 13.7 Å². The minimum absolute atomic E-state index is 0.466. The highest BCUT2D eigenvalue weighted by Gasteiger charge is 2.16. The molecule has 1 N–H and O–H groups in total. The number of nitrogens with zero attached hydrogens (tertiary/aromatic N) is 4. The highest BCUT2D eigenvalue weighted by Crippen LogP contribution is 2.27. The Kier molecular flexibility index (Phi) is 4.00. The topological polar surface area (TPSA) is 64.9 Å². The van der Waals surface area contributed by atoms with Crippen LogP contribution >= 0.6 is 0 Å². The van der Waals surface area contributed by atoms with Crippen LogP contribution in [-0.4, -0.2) is 26.6 Å². The molecule has 4 aromatic rings. The van der Waals surface area contributed by atoms with Crippen LogP contribution in [0.2, 0.25) is 0 Å². The predicted octanol–water partition coefficient (Wildman–Crippen LogP) is 3.63. The molecule has 2 aromatic carbocycles. The third kappa shape index (κ3) is 3.01. The van der Waals surface area contributed by atoms with Gasteiger partial charge in [0, 0.05) is 5.69 Å². The Hall–Kier alpha value is -3.41. The molecule has 0 saturated heterocycles. The third-order valence-electron chi connectivity index (χ3n) is 3.91. The van der Waals surface area contributed by atoms with Gasteiger partial charge in [0.25, 0.3) is 0 Å². The molecule has 2 heterocycles. The first-order chi connectivity index (χ1) is 12.3. The number of para-hydroxylation sites is 1. The molecule has 124 valence electrons. The first-order valence-corrected chi connectivity index (χ1v) is 7.96. The van der Waals surface area contributed by atoms with Crippen LogP contribution in [-0.2, 0) is 6.54 Å². The van der Waals surface area contributed by atoms with Crippen molar-refractivity contribution in [2.75, 3.05) is 12.4 Å². The zero-order chi connectivity index (χ0) is 17.1. The predicted molar refractivity (Wildman–Crippen MR) is 97.1 cm³/mol. The Balaban J connectivity index is 1.83. The van der Waals surface area contributed by atoms with E-state index in [4.69, 9.17) is 4.74 Å². The van der Waals surface area contributed by atoms with Crippen molar-refractivity contribution in [2.24, 2.45) is 0 Å². The molecule has 0 spiro atoms. The lowest BCUT2D eigenvalue weighted by atomic mass is 10.2. The first kappa shape index (κ1) is 15.1. The molecule has 2 aromatic heterocycles. The second-order valence-electron chi connectivity index (χ2n) is 5.55. The van der Waals surface area contributed by atoms with E-state index in [-0.39, 0.29) is 0 Å². The molecule has 0 aliphatic rings. The molecule has 6 nitrogen and oxygen atoms in total. The van der Waals surface area contributed by atoms with Gasteiger partial charge >= 0.3 is 0 Å². The zero-order valence-electron chi connectivity index (χ0n) is 13.8. The van der Waals surface area contributed by atoms with Crippen LogP contribution in [0.3, 0.4) is 0 Å². The highest BCUT2D eigenvalue weighted by molar-refractivity contribution is 5.80. The maximum absolute atomic E-state index is 5.34. The second kappa shape index (κ2) is 6.60. The Morgan fingerprint density at radius 2 is 1.68 bits per heavy atom. The summed E-state index contributed by atoms with van der Waals surface area (Å²) in [6.07, 6.45) is 1.50. The fraction of sp³-hybridized carbons (Fsp3) is 0.105. The van der Waals surface area contributed by atoms with E-state index in [9.17, 15) is 0 Å². The SMILES string of the molecule is COc1ncnc2c1nc(Nc1ccccc1)n2Cc1ccccc1. The molecule has 25 heavy (non-hydrogen) atoms. The molecular weight excluding hydrogens is 314 g/mol. The largest absolute Gasteiger partial charge is 0.479 e. The van der Waals surface area contributed by atoms with Crippen LogP contribution < -0.4 is 10.1 Å². The summed E-state index contributed by atoms with van der Waals surface area (Å²) >= 11 is 0. The molecule has 0 unspecified atom stereocenters. The van der Waals surface area contributed by atoms with Gasteiger partial charge in [-0.25, -0.2) is 9.97 Å². The standard InChI is InChI=1S/C19H17N5O/c1-25-18-16-17(20-13-21-18)24(12-14-8-4-2-5-9-14)19(23-16)22-15-10-6-3-7-11-15/h2-11,13H,12H2,1H3,(H,22,23). The van der Waals surface area contributed by atoms with E-state index < -0.39 is 0 Å². The van der Waals surface area contributed by atoms with E-state index >= 15 is 0 Å². The summed E-state index contributed by atoms with van der Waals surface area (Å²) in [4.78, 5) is 13.3. The molecule has 0 bridgehead atoms. The van der Waals surface area contributed by atoms with Crippen LogP contribution in [0.4, 0.5) is 11.6 Å². The van der Waals surface area contributed by atoms with Gasteiger partial charge in [-0.05, 0) is 17.7 Å². The van der Waals surface area contributed by atoms with Crippen LogP contribution in [0, 0.1) is 0 Å². The molecule has 0 atom stereocenters. The summed E-state index contributed by atoms with van der Waals surface area (Å²) < 4.78 is 7.37. The van der Waals surface area contributed by atoms with Crippen molar-refractivity contribution < 1.29 is 4.74 Å². The number of imidazole rings is 1. The van der Waals surface area contributed by atoms with Crippen LogP contribution in [0.15, 0.2) is 67.0 Å². The number of anilines is 2. The van der Waals surface area contributed by atoms with Crippen molar-refractivity contribution in [3.63, 3.8) is 0 Å². The highest BCUT2D eigenvalue weighted by atomic mass is 16.5. The lowest BCUT2D eigenvalue weighted by Gasteiger charge is -2.10. The fourth-order valence-electron chi connectivity index (χ4n) is 2.73. The van der Waals surface area contributed by atoms with E-state index in [0.29, 0.717) is 23.9 Å². The van der Waals surface area contributed by atoms with E-state index in [0.717, 1.165) is 16.9 Å². The average Bonchev–Trinajstić information content (AvgIpc) is 3.01. The Morgan fingerprint density at radius 3 is 2.40 bits per heavy atom. The number of ether oxygens (including phenoxy) is 1. The van der Waals surface area contributed by atoms with Crippen molar-refractivity contribution in [2.45, 2.75) is 6.54 Å². The summed E-state index contributed by atoms with van der Waals surface area (Å²) in [7, 11) is 1.59. The second-order valence-corrected chi connectivity index (χ2v) is 5.55. The number of aromatic nitrogens is 4. The summed E-state index contributed by atoms with van der Waals surface area (Å²) in [6, 6.07) is 20.1. The number of hydrogen-bond acceptors (Lipinski definition) is 5. The molecule has 0 aliphatic carbocycles. The Labute approximate surface area is 145 Å². The van der Waals surface area contributed by atoms with Crippen molar-refractivity contribution in [3.05, 3.63) is 72.6 Å². The molecule has 0 radical (unpaired) electrons. The zero-order valence-corrected chi connectivity index (χ0v) is 13.8. The van der Waals surface area contributed by atoms with Gasteiger partial charge in [0.1, 0.15) is 6.33 Å². The molecule has 6 heteroatoms. The minimum Gasteiger partial charge on any atom is -0.479 e. The number of methoxy groups -OCH3 is 1. The quantitative estimate of drug-likeness (QED) is 0.605. The smallest absolute Gasteiger partial charge is 0.245 e. The van der Waals surface area contributed by atoms with Gasteiger partial charge in [-0.1, -0.05) is 48.5 Å². The number of nitrogens with one attached hydrogen (secondary N) is 1. The minimum atomic E-state index is 0.466. The number of benzene rings is 2. The van der Waals surface area contributed by atoms with Crippen LogP contribution in [0.1, 0.15) is 5.56 Å². The van der Waals surface area contributed by atoms with Crippen LogP contribution in [0.25, 0.3) is 11.2 Å². The first-order valence-electron chi connectivity index (χ1n) is 7.96. The Bertz CT molecular complexity index is 983.